The Hall–Kier alpha value is -1.95. The number of sulfonamides is 1. The van der Waals surface area contributed by atoms with Gasteiger partial charge in [0.25, 0.3) is 0 Å². The Morgan fingerprint density at radius 3 is 2.62 bits per heavy atom. The van der Waals surface area contributed by atoms with E-state index >= 15 is 0 Å². The lowest BCUT2D eigenvalue weighted by Crippen LogP contribution is -2.53. The van der Waals surface area contributed by atoms with Gasteiger partial charge in [0.05, 0.1) is 17.7 Å². The van der Waals surface area contributed by atoms with E-state index in [-0.39, 0.29) is 28.5 Å². The molecule has 0 radical (unpaired) electrons. The van der Waals surface area contributed by atoms with E-state index in [4.69, 9.17) is 16.3 Å². The molecule has 1 aromatic carbocycles. The molecule has 1 aliphatic carbocycles. The minimum atomic E-state index is -3.90. The Bertz CT molecular complexity index is 1270. The van der Waals surface area contributed by atoms with Gasteiger partial charge in [-0.3, -0.25) is 9.69 Å². The van der Waals surface area contributed by atoms with Gasteiger partial charge in [0, 0.05) is 63.2 Å². The molecule has 4 atom stereocenters. The van der Waals surface area contributed by atoms with E-state index < -0.39 is 22.2 Å². The first kappa shape index (κ1) is 29.5. The number of piperazine rings is 1. The molecule has 1 saturated heterocycles. The van der Waals surface area contributed by atoms with Gasteiger partial charge in [-0.2, -0.15) is 4.31 Å². The lowest BCUT2D eigenvalue weighted by atomic mass is 9.89. The molecule has 11 heteroatoms. The van der Waals surface area contributed by atoms with E-state index in [0.29, 0.717) is 24.7 Å². The van der Waals surface area contributed by atoms with E-state index in [1.165, 1.54) is 10.7 Å². The molecule has 4 unspecified atom stereocenters. The van der Waals surface area contributed by atoms with Crippen molar-refractivity contribution in [3.8, 4) is 0 Å². The number of hydrogen-bond donors (Lipinski definition) is 1. The van der Waals surface area contributed by atoms with Crippen molar-refractivity contribution >= 4 is 27.5 Å². The van der Waals surface area contributed by atoms with Crippen LogP contribution < -0.4 is 5.32 Å². The second-order valence-electron chi connectivity index (χ2n) is 11.5. The second-order valence-corrected chi connectivity index (χ2v) is 13.7. The molecule has 1 aromatic heterocycles. The van der Waals surface area contributed by atoms with Crippen LogP contribution in [-0.2, 0) is 26.1 Å². The molecule has 9 nitrogen and oxygen atoms in total. The highest BCUT2D eigenvalue weighted by Gasteiger charge is 2.39. The zero-order chi connectivity index (χ0) is 28.4. The molecule has 2 aromatic rings. The van der Waals surface area contributed by atoms with Crippen molar-refractivity contribution in [2.75, 3.05) is 46.4 Å². The number of likely N-dealkylation sites (N-methyl/N-ethyl adjacent to an activating group) is 1. The van der Waals surface area contributed by atoms with Crippen molar-refractivity contribution in [3.05, 3.63) is 52.8 Å². The summed E-state index contributed by atoms with van der Waals surface area (Å²) in [5.41, 5.74) is 1.44. The smallest absolute Gasteiger partial charge is 0.249 e. The Morgan fingerprint density at radius 2 is 1.88 bits per heavy atom. The van der Waals surface area contributed by atoms with Crippen LogP contribution in [0.1, 0.15) is 49.9 Å². The van der Waals surface area contributed by atoms with Gasteiger partial charge in [-0.1, -0.05) is 23.7 Å². The number of aromatic nitrogens is 1. The van der Waals surface area contributed by atoms with E-state index in [1.54, 1.807) is 32.0 Å². The largest absolute Gasteiger partial charge is 0.367 e. The predicted molar refractivity (Wildman–Crippen MR) is 156 cm³/mol. The number of nitrogens with zero attached hydrogens (tertiary/aromatic N) is 4. The van der Waals surface area contributed by atoms with Crippen molar-refractivity contribution in [2.45, 2.75) is 75.2 Å². The normalized spacial score (nSPS) is 25.9. The molecule has 1 saturated carbocycles. The van der Waals surface area contributed by atoms with Gasteiger partial charge >= 0.3 is 0 Å². The van der Waals surface area contributed by atoms with Crippen LogP contribution in [0.4, 0.5) is 0 Å². The van der Waals surface area contributed by atoms with Crippen LogP contribution in [0.25, 0.3) is 0 Å². The Kier molecular flexibility index (Phi) is 9.24. The Morgan fingerprint density at radius 1 is 1.10 bits per heavy atom. The van der Waals surface area contributed by atoms with Crippen molar-refractivity contribution in [1.82, 2.24) is 24.0 Å². The highest BCUT2D eigenvalue weighted by Crippen LogP contribution is 2.36. The van der Waals surface area contributed by atoms with Crippen molar-refractivity contribution in [1.29, 1.82) is 0 Å². The molecular formula is C29H42ClN5O4S. The molecule has 3 heterocycles. The maximum atomic E-state index is 13.9. The van der Waals surface area contributed by atoms with E-state index in [0.717, 1.165) is 51.1 Å². The van der Waals surface area contributed by atoms with Gasteiger partial charge in [-0.25, -0.2) is 8.42 Å². The third-order valence-electron chi connectivity index (χ3n) is 8.77. The summed E-state index contributed by atoms with van der Waals surface area (Å²) in [5.74, 6) is -0.147. The Balaban J connectivity index is 1.24. The van der Waals surface area contributed by atoms with Crippen LogP contribution in [0.5, 0.6) is 0 Å². The summed E-state index contributed by atoms with van der Waals surface area (Å²) in [7, 11) is -1.74. The quantitative estimate of drug-likeness (QED) is 0.507. The topological polar surface area (TPSA) is 87.1 Å². The summed E-state index contributed by atoms with van der Waals surface area (Å²) in [5, 5.41) is 3.43. The van der Waals surface area contributed by atoms with Gasteiger partial charge in [0.2, 0.25) is 15.9 Å². The fourth-order valence-electron chi connectivity index (χ4n) is 6.40. The molecular weight excluding hydrogens is 550 g/mol. The summed E-state index contributed by atoms with van der Waals surface area (Å²) in [6.45, 7) is 8.73. The van der Waals surface area contributed by atoms with Crippen LogP contribution in [0.15, 0.2) is 41.4 Å². The number of aryl methyl sites for hydroxylation is 1. The van der Waals surface area contributed by atoms with Crippen LogP contribution >= 0.6 is 11.6 Å². The summed E-state index contributed by atoms with van der Waals surface area (Å²) in [4.78, 5) is 18.2. The summed E-state index contributed by atoms with van der Waals surface area (Å²) in [6.07, 6.45) is 5.46. The SMILES string of the molecule is Cc1cccc(Cl)c1S(=O)(=O)N1CCn2cccc2C1COC(C)C(=O)NC1CCCC(N2CCN(C)CC2)C1. The minimum absolute atomic E-state index is 0.0654. The number of rotatable bonds is 8. The van der Waals surface area contributed by atoms with Crippen LogP contribution in [-0.4, -0.2) is 97.6 Å². The van der Waals surface area contributed by atoms with Gasteiger partial charge < -0.3 is 19.5 Å². The second kappa shape index (κ2) is 12.5. The zero-order valence-corrected chi connectivity index (χ0v) is 25.3. The van der Waals surface area contributed by atoms with Crippen LogP contribution in [0, 0.1) is 6.92 Å². The average molecular weight is 592 g/mol. The number of ether oxygens (including phenoxy) is 1. The zero-order valence-electron chi connectivity index (χ0n) is 23.8. The number of amides is 1. The fraction of sp³-hybridized carbons (Fsp3) is 0.621. The molecule has 2 aliphatic heterocycles. The van der Waals surface area contributed by atoms with E-state index in [1.807, 2.05) is 22.9 Å². The molecule has 0 bridgehead atoms. The third kappa shape index (κ3) is 6.27. The maximum absolute atomic E-state index is 13.9. The van der Waals surface area contributed by atoms with Crippen molar-refractivity contribution in [2.24, 2.45) is 0 Å². The first-order valence-corrected chi connectivity index (χ1v) is 16.2. The maximum Gasteiger partial charge on any atom is 0.249 e. The number of nitrogens with one attached hydrogen (secondary N) is 1. The van der Waals surface area contributed by atoms with Crippen molar-refractivity contribution < 1.29 is 17.9 Å². The van der Waals surface area contributed by atoms with Gasteiger partial charge in [0.1, 0.15) is 11.0 Å². The highest BCUT2D eigenvalue weighted by atomic mass is 35.5. The lowest BCUT2D eigenvalue weighted by molar-refractivity contribution is -0.133. The molecule has 2 fully saturated rings. The van der Waals surface area contributed by atoms with Crippen LogP contribution in [0.2, 0.25) is 5.02 Å². The Labute approximate surface area is 243 Å². The minimum Gasteiger partial charge on any atom is -0.367 e. The number of hydrogen-bond acceptors (Lipinski definition) is 6. The number of halogens is 1. The van der Waals surface area contributed by atoms with Gasteiger partial charge in [0.15, 0.2) is 0 Å². The number of carbonyl (C=O) groups is 1. The summed E-state index contributed by atoms with van der Waals surface area (Å²) in [6, 6.07) is 8.99. The number of fused-ring (bicyclic) bond motifs is 1. The van der Waals surface area contributed by atoms with Crippen molar-refractivity contribution in [3.63, 3.8) is 0 Å². The molecule has 1 N–H and O–H groups in total. The predicted octanol–water partition coefficient (Wildman–Crippen LogP) is 3.28. The monoisotopic (exact) mass is 591 g/mol. The third-order valence-corrected chi connectivity index (χ3v) is 11.3. The summed E-state index contributed by atoms with van der Waals surface area (Å²) < 4.78 is 37.4. The number of benzene rings is 1. The average Bonchev–Trinajstić information content (AvgIpc) is 3.41. The summed E-state index contributed by atoms with van der Waals surface area (Å²) >= 11 is 6.39. The first-order valence-electron chi connectivity index (χ1n) is 14.4. The molecule has 0 spiro atoms. The fourth-order valence-corrected chi connectivity index (χ4v) is 8.77. The van der Waals surface area contributed by atoms with Gasteiger partial charge in [-0.15, -0.1) is 0 Å². The van der Waals surface area contributed by atoms with Gasteiger partial charge in [-0.05, 0) is 70.3 Å². The standard InChI is InChI=1S/C29H42ClN5O4S/c1-21-7-4-10-25(30)28(21)40(37,38)35-18-17-34-12-6-11-26(34)27(35)20-39-22(2)29(36)31-23-8-5-9-24(19-23)33-15-13-32(3)14-16-33/h4,6-7,10-12,22-24,27H,5,8-9,13-20H2,1-3H3,(H,31,36). The molecule has 5 rings (SSSR count). The first-order chi connectivity index (χ1) is 19.1. The van der Waals surface area contributed by atoms with E-state index in [2.05, 4.69) is 22.2 Å². The molecule has 1 amide bonds. The van der Waals surface area contributed by atoms with Crippen LogP contribution in [0.3, 0.4) is 0 Å². The lowest BCUT2D eigenvalue weighted by Gasteiger charge is -2.41. The molecule has 220 valence electrons. The van der Waals surface area contributed by atoms with E-state index in [9.17, 15) is 13.2 Å². The molecule has 3 aliphatic rings. The highest BCUT2D eigenvalue weighted by molar-refractivity contribution is 7.89. The number of carbonyl (C=O) groups excluding carboxylic acids is 1. The molecule has 40 heavy (non-hydrogen) atoms.